The van der Waals surface area contributed by atoms with Gasteiger partial charge in [0.1, 0.15) is 5.82 Å². The van der Waals surface area contributed by atoms with Crippen molar-refractivity contribution in [1.29, 1.82) is 0 Å². The SMILES string of the molecule is CCCCN(CCCC)c1c(-c2ccc3c(c2)CCN(Cc2cc(F)cc(Cl)c2)C3)c(C)nc(C)c1[C@H](OC(C)(C)C)C(=O)O. The van der Waals surface area contributed by atoms with Crippen LogP contribution in [0.15, 0.2) is 36.4 Å². The highest BCUT2D eigenvalue weighted by Crippen LogP contribution is 2.43. The maximum Gasteiger partial charge on any atom is 0.337 e. The Morgan fingerprint density at radius 1 is 1.07 bits per heavy atom. The van der Waals surface area contributed by atoms with Crippen LogP contribution in [0, 0.1) is 19.7 Å². The van der Waals surface area contributed by atoms with Crippen LogP contribution in [-0.4, -0.2) is 46.2 Å². The van der Waals surface area contributed by atoms with E-state index in [9.17, 15) is 14.3 Å². The van der Waals surface area contributed by atoms with Gasteiger partial charge in [-0.25, -0.2) is 9.18 Å². The number of rotatable bonds is 13. The number of anilines is 1. The molecule has 45 heavy (non-hydrogen) atoms. The molecule has 2 aromatic carbocycles. The first-order chi connectivity index (χ1) is 21.3. The molecule has 0 bridgehead atoms. The number of aromatic nitrogens is 1. The number of nitrogens with zero attached hydrogens (tertiary/aromatic N) is 3. The lowest BCUT2D eigenvalue weighted by Crippen LogP contribution is -2.33. The van der Waals surface area contributed by atoms with Crippen LogP contribution in [0.3, 0.4) is 0 Å². The molecule has 2 heterocycles. The zero-order chi connectivity index (χ0) is 32.9. The number of fused-ring (bicyclic) bond motifs is 1. The minimum atomic E-state index is -1.15. The fraction of sp³-hybridized carbons (Fsp3) is 0.514. The van der Waals surface area contributed by atoms with Crippen molar-refractivity contribution < 1.29 is 19.0 Å². The molecule has 1 aliphatic rings. The molecule has 0 amide bonds. The van der Waals surface area contributed by atoms with Crippen molar-refractivity contribution in [3.63, 3.8) is 0 Å². The number of aliphatic carboxylic acids is 1. The predicted octanol–water partition coefficient (Wildman–Crippen LogP) is 9.06. The molecule has 244 valence electrons. The largest absolute Gasteiger partial charge is 0.479 e. The van der Waals surface area contributed by atoms with Crippen molar-refractivity contribution in [3.05, 3.63) is 80.9 Å². The van der Waals surface area contributed by atoms with Gasteiger partial charge in [-0.2, -0.15) is 0 Å². The van der Waals surface area contributed by atoms with E-state index in [0.29, 0.717) is 22.8 Å². The van der Waals surface area contributed by atoms with Crippen molar-refractivity contribution >= 4 is 23.3 Å². The number of pyridine rings is 1. The average Bonchev–Trinajstić information content (AvgIpc) is 2.95. The first-order valence-electron chi connectivity index (χ1n) is 16.3. The Bertz CT molecular complexity index is 1470. The summed E-state index contributed by atoms with van der Waals surface area (Å²) in [6.07, 6.45) is 3.77. The molecule has 1 N–H and O–H groups in total. The van der Waals surface area contributed by atoms with E-state index in [1.165, 1.54) is 17.2 Å². The summed E-state index contributed by atoms with van der Waals surface area (Å²) in [6, 6.07) is 11.3. The van der Waals surface area contributed by atoms with E-state index < -0.39 is 17.7 Å². The molecule has 0 saturated heterocycles. The van der Waals surface area contributed by atoms with E-state index in [-0.39, 0.29) is 5.82 Å². The van der Waals surface area contributed by atoms with Crippen LogP contribution in [0.1, 0.15) is 100 Å². The summed E-state index contributed by atoms with van der Waals surface area (Å²) < 4.78 is 20.2. The second-order valence-electron chi connectivity index (χ2n) is 13.3. The minimum absolute atomic E-state index is 0.318. The highest BCUT2D eigenvalue weighted by molar-refractivity contribution is 6.30. The van der Waals surface area contributed by atoms with Crippen LogP contribution >= 0.6 is 11.6 Å². The average molecular weight is 638 g/mol. The molecule has 0 spiro atoms. The maximum absolute atomic E-state index is 14.0. The number of halogens is 2. The Morgan fingerprint density at radius 2 is 1.76 bits per heavy atom. The normalized spacial score (nSPS) is 14.3. The van der Waals surface area contributed by atoms with Gasteiger partial charge in [-0.15, -0.1) is 0 Å². The molecule has 3 aromatic rings. The van der Waals surface area contributed by atoms with Gasteiger partial charge in [-0.1, -0.05) is 56.5 Å². The Morgan fingerprint density at radius 3 is 2.36 bits per heavy atom. The molecule has 0 aliphatic carbocycles. The summed E-state index contributed by atoms with van der Waals surface area (Å²) in [5, 5.41) is 10.9. The molecule has 0 unspecified atom stereocenters. The number of carbonyl (C=O) groups is 1. The highest BCUT2D eigenvalue weighted by Gasteiger charge is 2.34. The quantitative estimate of drug-likeness (QED) is 0.202. The number of carboxylic acids is 1. The standard InChI is InChI=1S/C37H49ClFN3O3/c1-8-10-15-42(16-11-9-2)34-32(24(3)40-25(4)33(34)35(36(43)44)45-37(5,6)7)28-12-13-29-23-41(17-14-27(29)20-28)22-26-18-30(38)21-31(39)19-26/h12-13,18-21,35H,8-11,14-17,22-23H2,1-7H3,(H,43,44)/t35-/m0/s1. The van der Waals surface area contributed by atoms with Crippen molar-refractivity contribution in [2.24, 2.45) is 0 Å². The number of carboxylic acid groups (broad SMARTS) is 1. The van der Waals surface area contributed by atoms with E-state index >= 15 is 0 Å². The third kappa shape index (κ3) is 8.84. The zero-order valence-corrected chi connectivity index (χ0v) is 28.7. The monoisotopic (exact) mass is 637 g/mol. The fourth-order valence-corrected chi connectivity index (χ4v) is 6.56. The van der Waals surface area contributed by atoms with Gasteiger partial charge in [-0.05, 0) is 94.3 Å². The van der Waals surface area contributed by atoms with Gasteiger partial charge in [0, 0.05) is 60.3 Å². The Hall–Kier alpha value is -3.00. The number of hydrogen-bond acceptors (Lipinski definition) is 5. The fourth-order valence-electron chi connectivity index (χ4n) is 6.32. The van der Waals surface area contributed by atoms with Gasteiger partial charge < -0.3 is 14.7 Å². The number of hydrogen-bond donors (Lipinski definition) is 1. The molecule has 0 radical (unpaired) electrons. The van der Waals surface area contributed by atoms with Crippen LogP contribution < -0.4 is 4.90 Å². The van der Waals surface area contributed by atoms with E-state index in [1.807, 2.05) is 40.7 Å². The van der Waals surface area contributed by atoms with E-state index in [4.69, 9.17) is 21.3 Å². The van der Waals surface area contributed by atoms with Crippen LogP contribution in [0.4, 0.5) is 10.1 Å². The summed E-state index contributed by atoms with van der Waals surface area (Å²) >= 11 is 6.11. The number of unbranched alkanes of at least 4 members (excludes halogenated alkanes) is 2. The van der Waals surface area contributed by atoms with Crippen LogP contribution in [0.25, 0.3) is 11.1 Å². The third-order valence-electron chi connectivity index (χ3n) is 8.33. The third-order valence-corrected chi connectivity index (χ3v) is 8.55. The van der Waals surface area contributed by atoms with E-state index in [0.717, 1.165) is 86.4 Å². The number of aryl methyl sites for hydroxylation is 2. The predicted molar refractivity (Wildman–Crippen MR) is 182 cm³/mol. The lowest BCUT2D eigenvalue weighted by Gasteiger charge is -2.35. The summed E-state index contributed by atoms with van der Waals surface area (Å²) in [4.78, 5) is 22.5. The van der Waals surface area contributed by atoms with E-state index in [2.05, 4.69) is 41.8 Å². The molecule has 0 fully saturated rings. The molecule has 1 aromatic heterocycles. The lowest BCUT2D eigenvalue weighted by atomic mass is 9.90. The Balaban J connectivity index is 1.82. The van der Waals surface area contributed by atoms with Crippen LogP contribution in [0.2, 0.25) is 5.02 Å². The molecule has 4 rings (SSSR count). The highest BCUT2D eigenvalue weighted by atomic mass is 35.5. The summed E-state index contributed by atoms with van der Waals surface area (Å²) in [5.41, 5.74) is 7.86. The van der Waals surface area contributed by atoms with Crippen molar-refractivity contribution in [1.82, 2.24) is 9.88 Å². The first-order valence-corrected chi connectivity index (χ1v) is 16.6. The molecular weight excluding hydrogens is 589 g/mol. The smallest absolute Gasteiger partial charge is 0.337 e. The summed E-state index contributed by atoms with van der Waals surface area (Å²) in [6.45, 7) is 17.8. The molecule has 6 nitrogen and oxygen atoms in total. The summed E-state index contributed by atoms with van der Waals surface area (Å²) in [5.74, 6) is -1.33. The molecule has 8 heteroatoms. The van der Waals surface area contributed by atoms with Crippen molar-refractivity contribution in [2.75, 3.05) is 24.5 Å². The topological polar surface area (TPSA) is 65.9 Å². The molecule has 1 aliphatic heterocycles. The van der Waals surface area contributed by atoms with Crippen molar-refractivity contribution in [3.8, 4) is 11.1 Å². The molecule has 0 saturated carbocycles. The van der Waals surface area contributed by atoms with Gasteiger partial charge in [0.15, 0.2) is 6.10 Å². The molecule has 1 atom stereocenters. The molecular formula is C37H49ClFN3O3. The second kappa shape index (κ2) is 15.1. The minimum Gasteiger partial charge on any atom is -0.479 e. The Labute approximate surface area is 273 Å². The number of ether oxygens (including phenoxy) is 1. The summed E-state index contributed by atoms with van der Waals surface area (Å²) in [7, 11) is 0. The maximum atomic E-state index is 14.0. The number of benzene rings is 2. The van der Waals surface area contributed by atoms with Gasteiger partial charge >= 0.3 is 5.97 Å². The van der Waals surface area contributed by atoms with Crippen molar-refractivity contribution in [2.45, 2.75) is 105 Å². The second-order valence-corrected chi connectivity index (χ2v) is 13.7. The van der Waals surface area contributed by atoms with Crippen LogP contribution in [0.5, 0.6) is 0 Å². The van der Waals surface area contributed by atoms with Gasteiger partial charge in [0.05, 0.1) is 11.3 Å². The van der Waals surface area contributed by atoms with Gasteiger partial charge in [0.2, 0.25) is 0 Å². The van der Waals surface area contributed by atoms with Gasteiger partial charge in [-0.3, -0.25) is 9.88 Å². The zero-order valence-electron chi connectivity index (χ0n) is 28.0. The lowest BCUT2D eigenvalue weighted by molar-refractivity contribution is -0.160. The Kier molecular flexibility index (Phi) is 11.7. The first kappa shape index (κ1) is 34.9. The van der Waals surface area contributed by atoms with Gasteiger partial charge in [0.25, 0.3) is 0 Å². The van der Waals surface area contributed by atoms with Crippen LogP contribution in [-0.2, 0) is 29.0 Å². The van der Waals surface area contributed by atoms with E-state index in [1.54, 1.807) is 6.07 Å².